The summed E-state index contributed by atoms with van der Waals surface area (Å²) in [5.74, 6) is 3.86. The van der Waals surface area contributed by atoms with E-state index in [2.05, 4.69) is 39.0 Å². The lowest BCUT2D eigenvalue weighted by Gasteiger charge is -2.55. The van der Waals surface area contributed by atoms with Gasteiger partial charge in [0.15, 0.2) is 5.78 Å². The number of aliphatic hydroxyl groups is 1. The van der Waals surface area contributed by atoms with Crippen LogP contribution in [0.2, 0.25) is 0 Å². The van der Waals surface area contributed by atoms with Crippen molar-refractivity contribution in [3.05, 3.63) is 36.0 Å². The molecular formula is C29H44O2. The van der Waals surface area contributed by atoms with Gasteiger partial charge in [-0.15, -0.1) is 0 Å². The molecule has 4 rings (SSSR count). The number of ketones is 1. The van der Waals surface area contributed by atoms with E-state index in [4.69, 9.17) is 0 Å². The van der Waals surface area contributed by atoms with Gasteiger partial charge in [0.1, 0.15) is 0 Å². The first kappa shape index (κ1) is 23.0. The van der Waals surface area contributed by atoms with Crippen LogP contribution in [0.1, 0.15) is 92.4 Å². The fourth-order valence-electron chi connectivity index (χ4n) is 8.03. The van der Waals surface area contributed by atoms with Crippen molar-refractivity contribution in [2.45, 2.75) is 98.0 Å². The van der Waals surface area contributed by atoms with Gasteiger partial charge in [-0.3, -0.25) is 4.79 Å². The molecule has 4 aliphatic rings. The molecule has 0 aromatic heterocycles. The highest BCUT2D eigenvalue weighted by Gasteiger charge is 2.58. The number of unbranched alkanes of at least 4 members (excludes halogenated alkanes) is 2. The molecule has 172 valence electrons. The smallest absolute Gasteiger partial charge is 0.178 e. The van der Waals surface area contributed by atoms with E-state index in [1.807, 2.05) is 26.0 Å². The lowest BCUT2D eigenvalue weighted by molar-refractivity contribution is -0.110. The standard InChI is InChI=1S/C29H44O2/c1-20(9-7-6-8-16-27(2,3)31)24-12-13-25-23-11-10-21-19-22(30)14-17-28(21,4)26(23)15-18-29(24,25)5/h10-11,14,17,19-20,23-26,31H,6-9,12-13,15-16,18H2,1-5H3/t20-,23+,24-,25+,26+,28+,29-/m1/s1. The van der Waals surface area contributed by atoms with Crippen LogP contribution in [-0.4, -0.2) is 16.5 Å². The summed E-state index contributed by atoms with van der Waals surface area (Å²) in [6, 6.07) is 0. The van der Waals surface area contributed by atoms with Gasteiger partial charge in [0.2, 0.25) is 0 Å². The summed E-state index contributed by atoms with van der Waals surface area (Å²) in [6.07, 6.45) is 22.0. The van der Waals surface area contributed by atoms with E-state index in [9.17, 15) is 9.90 Å². The zero-order chi connectivity index (χ0) is 22.4. The Morgan fingerprint density at radius 3 is 2.61 bits per heavy atom. The van der Waals surface area contributed by atoms with Gasteiger partial charge in [-0.25, -0.2) is 0 Å². The molecule has 0 unspecified atom stereocenters. The van der Waals surface area contributed by atoms with Crippen molar-refractivity contribution in [1.82, 2.24) is 0 Å². The van der Waals surface area contributed by atoms with E-state index in [1.165, 1.54) is 50.5 Å². The number of hydrogen-bond donors (Lipinski definition) is 1. The lowest BCUT2D eigenvalue weighted by atomic mass is 9.49. The summed E-state index contributed by atoms with van der Waals surface area (Å²) in [6.45, 7) is 11.3. The van der Waals surface area contributed by atoms with Crippen LogP contribution in [0.25, 0.3) is 0 Å². The van der Waals surface area contributed by atoms with Crippen LogP contribution >= 0.6 is 0 Å². The van der Waals surface area contributed by atoms with Crippen molar-refractivity contribution in [3.63, 3.8) is 0 Å². The van der Waals surface area contributed by atoms with Gasteiger partial charge in [0.05, 0.1) is 5.60 Å². The molecule has 0 bridgehead atoms. The van der Waals surface area contributed by atoms with E-state index in [0.29, 0.717) is 17.3 Å². The molecular weight excluding hydrogens is 380 g/mol. The molecule has 0 aliphatic heterocycles. The molecule has 0 heterocycles. The van der Waals surface area contributed by atoms with Gasteiger partial charge in [-0.05, 0) is 98.7 Å². The third-order valence-electron chi connectivity index (χ3n) is 9.82. The van der Waals surface area contributed by atoms with Crippen LogP contribution in [0.15, 0.2) is 36.0 Å². The highest BCUT2D eigenvalue weighted by Crippen LogP contribution is 2.65. The monoisotopic (exact) mass is 424 g/mol. The van der Waals surface area contributed by atoms with Gasteiger partial charge < -0.3 is 5.11 Å². The van der Waals surface area contributed by atoms with Crippen molar-refractivity contribution in [3.8, 4) is 0 Å². The van der Waals surface area contributed by atoms with Crippen molar-refractivity contribution in [2.75, 3.05) is 0 Å². The van der Waals surface area contributed by atoms with Crippen LogP contribution < -0.4 is 0 Å². The van der Waals surface area contributed by atoms with Crippen LogP contribution in [-0.2, 0) is 4.79 Å². The summed E-state index contributed by atoms with van der Waals surface area (Å²) in [4.78, 5) is 11.9. The second-order valence-corrected chi connectivity index (χ2v) is 12.4. The van der Waals surface area contributed by atoms with Crippen LogP contribution in [0.5, 0.6) is 0 Å². The van der Waals surface area contributed by atoms with Crippen LogP contribution in [0, 0.1) is 40.4 Å². The fourth-order valence-corrected chi connectivity index (χ4v) is 8.03. The highest BCUT2D eigenvalue weighted by atomic mass is 16.3. The first-order valence-electron chi connectivity index (χ1n) is 12.9. The van der Waals surface area contributed by atoms with Crippen LogP contribution in [0.3, 0.4) is 0 Å². The highest BCUT2D eigenvalue weighted by molar-refractivity contribution is 6.01. The van der Waals surface area contributed by atoms with E-state index in [-0.39, 0.29) is 11.2 Å². The molecule has 31 heavy (non-hydrogen) atoms. The van der Waals surface area contributed by atoms with Crippen molar-refractivity contribution >= 4 is 5.78 Å². The zero-order valence-corrected chi connectivity index (χ0v) is 20.5. The Morgan fingerprint density at radius 1 is 1.10 bits per heavy atom. The molecule has 2 heteroatoms. The fraction of sp³-hybridized carbons (Fsp3) is 0.759. The largest absolute Gasteiger partial charge is 0.390 e. The summed E-state index contributed by atoms with van der Waals surface area (Å²) < 4.78 is 0. The molecule has 7 atom stereocenters. The topological polar surface area (TPSA) is 37.3 Å². The predicted octanol–water partition coefficient (Wildman–Crippen LogP) is 7.04. The third kappa shape index (κ3) is 4.26. The molecule has 2 nitrogen and oxygen atoms in total. The van der Waals surface area contributed by atoms with Crippen LogP contribution in [0.4, 0.5) is 0 Å². The second kappa shape index (κ2) is 8.32. The number of rotatable bonds is 7. The Kier molecular flexibility index (Phi) is 6.18. The Hall–Kier alpha value is -1.15. The van der Waals surface area contributed by atoms with E-state index >= 15 is 0 Å². The minimum atomic E-state index is -0.517. The van der Waals surface area contributed by atoms with Crippen molar-refractivity contribution < 1.29 is 9.90 Å². The molecule has 0 aromatic carbocycles. The second-order valence-electron chi connectivity index (χ2n) is 12.4. The molecule has 0 saturated heterocycles. The van der Waals surface area contributed by atoms with Crippen molar-refractivity contribution in [2.24, 2.45) is 40.4 Å². The maximum Gasteiger partial charge on any atom is 0.178 e. The molecule has 1 N–H and O–H groups in total. The number of fused-ring (bicyclic) bond motifs is 5. The summed E-state index contributed by atoms with van der Waals surface area (Å²) in [5.41, 5.74) is 1.22. The predicted molar refractivity (Wildman–Crippen MR) is 129 cm³/mol. The molecule has 4 aliphatic carbocycles. The first-order chi connectivity index (χ1) is 14.5. The summed E-state index contributed by atoms with van der Waals surface area (Å²) in [7, 11) is 0. The Balaban J connectivity index is 1.41. The summed E-state index contributed by atoms with van der Waals surface area (Å²) in [5, 5.41) is 9.93. The Bertz CT molecular complexity index is 781. The van der Waals surface area contributed by atoms with Gasteiger partial charge in [-0.2, -0.15) is 0 Å². The van der Waals surface area contributed by atoms with Gasteiger partial charge in [0, 0.05) is 5.41 Å². The molecule has 0 spiro atoms. The SMILES string of the molecule is C[C@H](CCCCCC(C)(C)O)[C@H]1CC[C@H]2[C@@H]3C=CC4=CC(=O)C=C[C@]4(C)[C@H]3CC[C@]12C. The number of hydrogen-bond acceptors (Lipinski definition) is 2. The van der Waals surface area contributed by atoms with Crippen molar-refractivity contribution in [1.29, 1.82) is 0 Å². The molecule has 2 fully saturated rings. The maximum atomic E-state index is 11.9. The normalized spacial score (nSPS) is 40.2. The van der Waals surface area contributed by atoms with Gasteiger partial charge >= 0.3 is 0 Å². The zero-order valence-electron chi connectivity index (χ0n) is 20.5. The minimum absolute atomic E-state index is 0.0405. The van der Waals surface area contributed by atoms with E-state index in [1.54, 1.807) is 0 Å². The maximum absolute atomic E-state index is 11.9. The Labute approximate surface area is 190 Å². The van der Waals surface area contributed by atoms with Gasteiger partial charge in [0.25, 0.3) is 0 Å². The quantitative estimate of drug-likeness (QED) is 0.445. The minimum Gasteiger partial charge on any atom is -0.390 e. The molecule has 0 radical (unpaired) electrons. The number of carbonyl (C=O) groups is 1. The number of allylic oxidation sites excluding steroid dienone is 6. The first-order valence-corrected chi connectivity index (χ1v) is 12.9. The Morgan fingerprint density at radius 2 is 1.87 bits per heavy atom. The molecule has 0 amide bonds. The van der Waals surface area contributed by atoms with E-state index < -0.39 is 5.60 Å². The summed E-state index contributed by atoms with van der Waals surface area (Å²) >= 11 is 0. The van der Waals surface area contributed by atoms with E-state index in [0.717, 1.165) is 30.6 Å². The third-order valence-corrected chi connectivity index (χ3v) is 9.82. The van der Waals surface area contributed by atoms with Gasteiger partial charge in [-0.1, -0.05) is 64.7 Å². The average molecular weight is 425 g/mol. The molecule has 0 aromatic rings. The number of carbonyl (C=O) groups excluding carboxylic acids is 1. The average Bonchev–Trinajstić information content (AvgIpc) is 3.04. The lowest BCUT2D eigenvalue weighted by Crippen LogP contribution is -2.48. The molecule has 2 saturated carbocycles.